The average molecular weight is 206 g/mol. The van der Waals surface area contributed by atoms with Crippen molar-refractivity contribution < 1.29 is 0 Å². The molecule has 0 saturated heterocycles. The molecule has 5 N–H and O–H groups in total. The van der Waals surface area contributed by atoms with Gasteiger partial charge in [-0.1, -0.05) is 13.8 Å². The fourth-order valence-corrected chi connectivity index (χ4v) is 0.842. The highest BCUT2D eigenvalue weighted by atomic mass is 32.1. The molecule has 0 heterocycles. The van der Waals surface area contributed by atoms with Gasteiger partial charge in [-0.3, -0.25) is 5.84 Å². The van der Waals surface area contributed by atoms with Crippen LogP contribution < -0.4 is 17.0 Å². The number of nitrogens with zero attached hydrogens (tertiary/aromatic N) is 1. The average Bonchev–Trinajstić information content (AvgIpc) is 2.16. The van der Waals surface area contributed by atoms with E-state index < -0.39 is 0 Å². The Kier molecular flexibility index (Phi) is 11.3. The Morgan fingerprint density at radius 2 is 1.85 bits per heavy atom. The summed E-state index contributed by atoms with van der Waals surface area (Å²) in [5.41, 5.74) is 9.67. The van der Waals surface area contributed by atoms with Gasteiger partial charge in [0.25, 0.3) is 0 Å². The molecule has 13 heavy (non-hydrogen) atoms. The minimum Gasteiger partial charge on any atom is -0.400 e. The fourth-order valence-electron chi connectivity index (χ4n) is 0.652. The van der Waals surface area contributed by atoms with Crippen molar-refractivity contribution in [3.63, 3.8) is 0 Å². The third-order valence-electron chi connectivity index (χ3n) is 1.21. The lowest BCUT2D eigenvalue weighted by Crippen LogP contribution is -2.32. The van der Waals surface area contributed by atoms with Crippen molar-refractivity contribution in [3.05, 3.63) is 11.4 Å². The molecule has 0 spiro atoms. The number of hydrogen-bond donors (Lipinski definition) is 4. The van der Waals surface area contributed by atoms with E-state index in [9.17, 15) is 0 Å². The second-order valence-corrected chi connectivity index (χ2v) is 2.86. The van der Waals surface area contributed by atoms with Crippen LogP contribution in [0.2, 0.25) is 0 Å². The summed E-state index contributed by atoms with van der Waals surface area (Å²) in [7, 11) is 3.90. The van der Waals surface area contributed by atoms with E-state index in [0.717, 1.165) is 5.70 Å². The molecule has 80 valence electrons. The first kappa shape index (κ1) is 15.1. The minimum atomic E-state index is 0.521. The summed E-state index contributed by atoms with van der Waals surface area (Å²) in [6.07, 6.45) is 0. The Hall–Kier alpha value is -0.390. The molecule has 0 aromatic rings. The van der Waals surface area contributed by atoms with Crippen LogP contribution in [-0.2, 0) is 0 Å². The lowest BCUT2D eigenvalue weighted by atomic mass is 10.3. The molecule has 0 saturated carbocycles. The van der Waals surface area contributed by atoms with Crippen LogP contribution >= 0.6 is 12.6 Å². The van der Waals surface area contributed by atoms with Crippen molar-refractivity contribution >= 4 is 12.6 Å². The van der Waals surface area contributed by atoms with Gasteiger partial charge in [0.05, 0.1) is 5.70 Å². The minimum absolute atomic E-state index is 0.521. The molecule has 0 unspecified atom stereocenters. The molecule has 0 aromatic carbocycles. The Morgan fingerprint density at radius 3 is 2.08 bits per heavy atom. The van der Waals surface area contributed by atoms with Crippen molar-refractivity contribution in [2.45, 2.75) is 13.8 Å². The van der Waals surface area contributed by atoms with Crippen LogP contribution in [-0.4, -0.2) is 31.3 Å². The van der Waals surface area contributed by atoms with Gasteiger partial charge < -0.3 is 16.1 Å². The van der Waals surface area contributed by atoms with Crippen LogP contribution in [0.5, 0.6) is 0 Å². The molecular weight excluding hydrogens is 184 g/mol. The van der Waals surface area contributed by atoms with Gasteiger partial charge in [-0.2, -0.15) is 12.6 Å². The number of nitrogens with one attached hydrogen (secondary N) is 1. The first-order chi connectivity index (χ1) is 6.11. The van der Waals surface area contributed by atoms with Crippen molar-refractivity contribution in [3.8, 4) is 0 Å². The highest BCUT2D eigenvalue weighted by Gasteiger charge is 2.00. The van der Waals surface area contributed by atoms with E-state index in [1.54, 1.807) is 0 Å². The van der Waals surface area contributed by atoms with E-state index in [-0.39, 0.29) is 0 Å². The van der Waals surface area contributed by atoms with Gasteiger partial charge in [0, 0.05) is 18.0 Å². The van der Waals surface area contributed by atoms with Crippen LogP contribution in [0.4, 0.5) is 0 Å². The number of rotatable bonds is 4. The Labute approximate surface area is 86.7 Å². The largest absolute Gasteiger partial charge is 0.400 e. The van der Waals surface area contributed by atoms with Gasteiger partial charge in [-0.05, 0) is 14.1 Å². The maximum absolute atomic E-state index is 5.61. The lowest BCUT2D eigenvalue weighted by molar-refractivity contribution is 0.431. The van der Waals surface area contributed by atoms with E-state index >= 15 is 0 Å². The molecular formula is C8H22N4S. The van der Waals surface area contributed by atoms with E-state index in [4.69, 9.17) is 11.6 Å². The zero-order valence-electron chi connectivity index (χ0n) is 8.96. The number of likely N-dealkylation sites (N-methyl/N-ethyl adjacent to an activating group) is 1. The number of nitrogens with two attached hydrogens (primary N) is 2. The third-order valence-corrected chi connectivity index (χ3v) is 1.55. The topological polar surface area (TPSA) is 67.3 Å². The maximum Gasteiger partial charge on any atom is 0.0594 e. The molecule has 0 fully saturated rings. The van der Waals surface area contributed by atoms with E-state index in [2.05, 4.69) is 18.1 Å². The summed E-state index contributed by atoms with van der Waals surface area (Å²) >= 11 is 4.03. The monoisotopic (exact) mass is 206 g/mol. The third kappa shape index (κ3) is 7.95. The van der Waals surface area contributed by atoms with Crippen LogP contribution in [0.1, 0.15) is 13.8 Å². The first-order valence-electron chi connectivity index (χ1n) is 4.31. The van der Waals surface area contributed by atoms with Crippen LogP contribution in [0, 0.1) is 0 Å². The van der Waals surface area contributed by atoms with Gasteiger partial charge >= 0.3 is 0 Å². The van der Waals surface area contributed by atoms with Crippen molar-refractivity contribution in [2.75, 3.05) is 26.4 Å². The van der Waals surface area contributed by atoms with Crippen LogP contribution in [0.25, 0.3) is 0 Å². The van der Waals surface area contributed by atoms with E-state index in [1.807, 2.05) is 32.8 Å². The number of hydrogen-bond acceptors (Lipinski definition) is 5. The number of thiol groups is 1. The quantitative estimate of drug-likeness (QED) is 0.300. The lowest BCUT2D eigenvalue weighted by Gasteiger charge is -2.14. The van der Waals surface area contributed by atoms with Gasteiger partial charge in [0.15, 0.2) is 0 Å². The second kappa shape index (κ2) is 9.70. The highest BCUT2D eigenvalue weighted by Crippen LogP contribution is 1.96. The number of hydrazine groups is 1. The predicted octanol–water partition coefficient (Wildman–Crippen LogP) is 0.138. The molecule has 0 amide bonds. The molecule has 0 rings (SSSR count). The van der Waals surface area contributed by atoms with Crippen molar-refractivity contribution in [1.29, 1.82) is 0 Å². The maximum atomic E-state index is 5.61. The summed E-state index contributed by atoms with van der Waals surface area (Å²) in [4.78, 5) is 1.98. The van der Waals surface area contributed by atoms with Crippen molar-refractivity contribution in [2.24, 2.45) is 11.6 Å². The Bertz CT molecular complexity index is 145. The van der Waals surface area contributed by atoms with Gasteiger partial charge in [-0.25, -0.2) is 0 Å². The molecule has 0 aliphatic heterocycles. The van der Waals surface area contributed by atoms with Gasteiger partial charge in [0.1, 0.15) is 0 Å². The normalized spacial score (nSPS) is 11.6. The van der Waals surface area contributed by atoms with E-state index in [1.165, 1.54) is 0 Å². The molecule has 0 aliphatic carbocycles. The standard InChI is InChI=1S/C6H16N4S.C2H6/c1-10(2)3-6(9-8)5(7)4-11;1-2/h9,11H,3-4,7-8H2,1-2H3;1-2H3/b6-5-;. The van der Waals surface area contributed by atoms with Crippen molar-refractivity contribution in [1.82, 2.24) is 10.3 Å². The smallest absolute Gasteiger partial charge is 0.0594 e. The van der Waals surface area contributed by atoms with E-state index in [0.29, 0.717) is 18.0 Å². The second-order valence-electron chi connectivity index (χ2n) is 2.54. The first-order valence-corrected chi connectivity index (χ1v) is 4.94. The summed E-state index contributed by atoms with van der Waals surface area (Å²) < 4.78 is 0. The molecule has 4 nitrogen and oxygen atoms in total. The zero-order chi connectivity index (χ0) is 10.9. The van der Waals surface area contributed by atoms with Crippen LogP contribution in [0.3, 0.4) is 0 Å². The molecule has 0 aliphatic rings. The summed E-state index contributed by atoms with van der Waals surface area (Å²) in [6.45, 7) is 4.71. The summed E-state index contributed by atoms with van der Waals surface area (Å²) in [5.74, 6) is 5.77. The summed E-state index contributed by atoms with van der Waals surface area (Å²) in [6, 6.07) is 0. The SMILES string of the molecule is CC.CN(C)C/C(NN)=C(/N)CS. The summed E-state index contributed by atoms with van der Waals surface area (Å²) in [5, 5.41) is 0. The Balaban J connectivity index is 0. The fraction of sp³-hybridized carbons (Fsp3) is 0.750. The highest BCUT2D eigenvalue weighted by molar-refractivity contribution is 7.80. The van der Waals surface area contributed by atoms with Crippen LogP contribution in [0.15, 0.2) is 11.4 Å². The molecule has 0 aromatic heterocycles. The molecule has 0 bridgehead atoms. The van der Waals surface area contributed by atoms with Gasteiger partial charge in [-0.15, -0.1) is 0 Å². The predicted molar refractivity (Wildman–Crippen MR) is 62.3 cm³/mol. The molecule has 0 radical (unpaired) electrons. The van der Waals surface area contributed by atoms with Gasteiger partial charge in [0.2, 0.25) is 0 Å². The molecule has 0 atom stereocenters. The molecule has 5 heteroatoms. The zero-order valence-corrected chi connectivity index (χ0v) is 9.86. The Morgan fingerprint density at radius 1 is 1.38 bits per heavy atom.